The number of aliphatic carboxylic acids is 1. The summed E-state index contributed by atoms with van der Waals surface area (Å²) in [5.74, 6) is -0.648. The van der Waals surface area contributed by atoms with Gasteiger partial charge in [-0.15, -0.1) is 0 Å². The molecule has 0 aromatic heterocycles. The van der Waals surface area contributed by atoms with Crippen molar-refractivity contribution < 1.29 is 24.3 Å². The van der Waals surface area contributed by atoms with Crippen LogP contribution >= 0.6 is 0 Å². The van der Waals surface area contributed by atoms with Gasteiger partial charge in [0.2, 0.25) is 0 Å². The van der Waals surface area contributed by atoms with Crippen LogP contribution in [0.15, 0.2) is 18.2 Å². The monoisotopic (exact) mass is 267 g/mol. The molecule has 1 rings (SSSR count). The zero-order chi connectivity index (χ0) is 14.4. The number of hydrogen-bond acceptors (Lipinski definition) is 5. The summed E-state index contributed by atoms with van der Waals surface area (Å²) in [6.07, 6.45) is 1.97. The van der Waals surface area contributed by atoms with Crippen LogP contribution in [0.1, 0.15) is 12.5 Å². The van der Waals surface area contributed by atoms with Gasteiger partial charge in [0.15, 0.2) is 11.5 Å². The molecule has 0 saturated carbocycles. The fourth-order valence-corrected chi connectivity index (χ4v) is 1.45. The topological polar surface area (TPSA) is 98.9 Å². The predicted molar refractivity (Wildman–Crippen MR) is 67.5 cm³/mol. The number of carboxylic acid groups (broad SMARTS) is 1. The Hall–Kier alpha value is -2.57. The smallest absolute Gasteiger partial charge is 0.328 e. The lowest BCUT2D eigenvalue weighted by molar-refractivity contribution is -0.385. The fourth-order valence-electron chi connectivity index (χ4n) is 1.45. The highest BCUT2D eigenvalue weighted by Gasteiger charge is 2.18. The highest BCUT2D eigenvalue weighted by atomic mass is 16.6. The zero-order valence-electron chi connectivity index (χ0n) is 10.5. The van der Waals surface area contributed by atoms with Gasteiger partial charge in [-0.1, -0.05) is 0 Å². The second-order valence-electron chi connectivity index (χ2n) is 3.42. The first-order chi connectivity index (χ1) is 8.99. The van der Waals surface area contributed by atoms with Crippen molar-refractivity contribution in [3.63, 3.8) is 0 Å². The Morgan fingerprint density at radius 2 is 2.16 bits per heavy atom. The van der Waals surface area contributed by atoms with E-state index in [1.807, 2.05) is 0 Å². The van der Waals surface area contributed by atoms with Crippen LogP contribution in [0, 0.1) is 10.1 Å². The lowest BCUT2D eigenvalue weighted by atomic mass is 10.1. The Bertz CT molecular complexity index is 523. The van der Waals surface area contributed by atoms with Crippen molar-refractivity contribution in [2.75, 3.05) is 13.7 Å². The standard InChI is InChI=1S/C12H13NO6/c1-3-19-11-6-8(4-5-12(14)15)9(13(16)17)7-10(11)18-2/h4-7H,3H2,1-2H3,(H,14,15)/b5-4+. The van der Waals surface area contributed by atoms with E-state index in [-0.39, 0.29) is 17.0 Å². The van der Waals surface area contributed by atoms with Gasteiger partial charge in [-0.25, -0.2) is 4.79 Å². The minimum Gasteiger partial charge on any atom is -0.493 e. The van der Waals surface area contributed by atoms with E-state index in [2.05, 4.69) is 0 Å². The Labute approximate surface area is 109 Å². The minimum atomic E-state index is -1.19. The molecule has 0 fully saturated rings. The quantitative estimate of drug-likeness (QED) is 0.481. The van der Waals surface area contributed by atoms with E-state index < -0.39 is 10.9 Å². The van der Waals surface area contributed by atoms with Crippen molar-refractivity contribution in [1.29, 1.82) is 0 Å². The van der Waals surface area contributed by atoms with Gasteiger partial charge in [-0.05, 0) is 19.1 Å². The summed E-state index contributed by atoms with van der Waals surface area (Å²) >= 11 is 0. The fraction of sp³-hybridized carbons (Fsp3) is 0.250. The third-order valence-corrected chi connectivity index (χ3v) is 2.21. The molecule has 1 aromatic rings. The van der Waals surface area contributed by atoms with Crippen molar-refractivity contribution in [2.45, 2.75) is 6.92 Å². The van der Waals surface area contributed by atoms with Crippen molar-refractivity contribution in [3.8, 4) is 11.5 Å². The van der Waals surface area contributed by atoms with Crippen LogP contribution < -0.4 is 9.47 Å². The first-order valence-electron chi connectivity index (χ1n) is 5.39. The molecule has 0 saturated heterocycles. The minimum absolute atomic E-state index is 0.136. The molecule has 0 heterocycles. The Morgan fingerprint density at radius 3 is 2.63 bits per heavy atom. The highest BCUT2D eigenvalue weighted by molar-refractivity contribution is 5.86. The van der Waals surface area contributed by atoms with Crippen LogP contribution in [0.25, 0.3) is 6.08 Å². The summed E-state index contributed by atoms with van der Waals surface area (Å²) in [4.78, 5) is 20.8. The summed E-state index contributed by atoms with van der Waals surface area (Å²) < 4.78 is 10.3. The maximum absolute atomic E-state index is 10.9. The normalized spacial score (nSPS) is 10.4. The zero-order valence-corrected chi connectivity index (χ0v) is 10.5. The molecule has 0 spiro atoms. The Morgan fingerprint density at radius 1 is 1.47 bits per heavy atom. The lowest BCUT2D eigenvalue weighted by Gasteiger charge is -2.10. The molecule has 1 aromatic carbocycles. The van der Waals surface area contributed by atoms with Crippen LogP contribution in [-0.4, -0.2) is 29.7 Å². The maximum atomic E-state index is 10.9. The average Bonchev–Trinajstić information content (AvgIpc) is 2.36. The van der Waals surface area contributed by atoms with Gasteiger partial charge in [0, 0.05) is 6.08 Å². The van der Waals surface area contributed by atoms with E-state index in [1.165, 1.54) is 19.2 Å². The molecule has 0 aliphatic heterocycles. The first-order valence-corrected chi connectivity index (χ1v) is 5.39. The summed E-state index contributed by atoms with van der Waals surface area (Å²) in [7, 11) is 1.37. The van der Waals surface area contributed by atoms with E-state index >= 15 is 0 Å². The third-order valence-electron chi connectivity index (χ3n) is 2.21. The largest absolute Gasteiger partial charge is 0.493 e. The second-order valence-corrected chi connectivity index (χ2v) is 3.42. The van der Waals surface area contributed by atoms with Gasteiger partial charge < -0.3 is 14.6 Å². The highest BCUT2D eigenvalue weighted by Crippen LogP contribution is 2.35. The van der Waals surface area contributed by atoms with Gasteiger partial charge in [-0.3, -0.25) is 10.1 Å². The van der Waals surface area contributed by atoms with Crippen LogP contribution in [-0.2, 0) is 4.79 Å². The van der Waals surface area contributed by atoms with Gasteiger partial charge in [0.05, 0.1) is 30.3 Å². The molecule has 102 valence electrons. The number of methoxy groups -OCH3 is 1. The van der Waals surface area contributed by atoms with Crippen molar-refractivity contribution in [1.82, 2.24) is 0 Å². The van der Waals surface area contributed by atoms with Gasteiger partial charge in [0.25, 0.3) is 5.69 Å². The number of carboxylic acids is 1. The number of benzene rings is 1. The molecule has 0 radical (unpaired) electrons. The number of carbonyl (C=O) groups is 1. The number of ether oxygens (including phenoxy) is 2. The molecule has 1 N–H and O–H groups in total. The predicted octanol–water partition coefficient (Wildman–Crippen LogP) is 2.10. The van der Waals surface area contributed by atoms with Crippen LogP contribution in [0.3, 0.4) is 0 Å². The SMILES string of the molecule is CCOc1cc(/C=C/C(=O)O)c([N+](=O)[O-])cc1OC. The molecule has 0 aliphatic rings. The van der Waals surface area contributed by atoms with E-state index in [9.17, 15) is 14.9 Å². The van der Waals surface area contributed by atoms with Crippen LogP contribution in [0.5, 0.6) is 11.5 Å². The molecule has 19 heavy (non-hydrogen) atoms. The molecule has 0 unspecified atom stereocenters. The lowest BCUT2D eigenvalue weighted by Crippen LogP contribution is -1.99. The van der Waals surface area contributed by atoms with E-state index in [1.54, 1.807) is 6.92 Å². The third kappa shape index (κ3) is 3.70. The maximum Gasteiger partial charge on any atom is 0.328 e. The van der Waals surface area contributed by atoms with Crippen LogP contribution in [0.2, 0.25) is 0 Å². The van der Waals surface area contributed by atoms with Gasteiger partial charge in [-0.2, -0.15) is 0 Å². The van der Waals surface area contributed by atoms with Crippen molar-refractivity contribution in [2.24, 2.45) is 0 Å². The van der Waals surface area contributed by atoms with Crippen molar-refractivity contribution >= 4 is 17.7 Å². The Balaban J connectivity index is 3.36. The number of nitrogens with zero attached hydrogens (tertiary/aromatic N) is 1. The van der Waals surface area contributed by atoms with Crippen LogP contribution in [0.4, 0.5) is 5.69 Å². The summed E-state index contributed by atoms with van der Waals surface area (Å²) in [6, 6.07) is 2.58. The Kier molecular flexibility index (Phi) is 4.87. The molecule has 0 atom stereocenters. The number of nitro benzene ring substituents is 1. The molecular weight excluding hydrogens is 254 g/mol. The summed E-state index contributed by atoms with van der Waals surface area (Å²) in [5.41, 5.74) is -0.116. The summed E-state index contributed by atoms with van der Waals surface area (Å²) in [6.45, 7) is 2.11. The average molecular weight is 267 g/mol. The molecule has 0 aliphatic carbocycles. The molecule has 7 heteroatoms. The van der Waals surface area contributed by atoms with E-state index in [0.29, 0.717) is 12.4 Å². The number of rotatable bonds is 6. The first kappa shape index (κ1) is 14.5. The van der Waals surface area contributed by atoms with E-state index in [0.717, 1.165) is 12.2 Å². The molecule has 7 nitrogen and oxygen atoms in total. The van der Waals surface area contributed by atoms with Crippen molar-refractivity contribution in [3.05, 3.63) is 33.9 Å². The molecule has 0 amide bonds. The van der Waals surface area contributed by atoms with E-state index in [4.69, 9.17) is 14.6 Å². The number of hydrogen-bond donors (Lipinski definition) is 1. The molecule has 0 bridgehead atoms. The van der Waals surface area contributed by atoms with Gasteiger partial charge in [0.1, 0.15) is 0 Å². The number of nitro groups is 1. The summed E-state index contributed by atoms with van der Waals surface area (Å²) in [5, 5.41) is 19.5. The van der Waals surface area contributed by atoms with Gasteiger partial charge >= 0.3 is 5.97 Å². The second kappa shape index (κ2) is 6.39. The molecular formula is C12H13NO6.